The van der Waals surface area contributed by atoms with Gasteiger partial charge in [-0.05, 0) is 57.5 Å². The molecule has 1 fully saturated rings. The van der Waals surface area contributed by atoms with Gasteiger partial charge in [0.05, 0.1) is 23.9 Å². The van der Waals surface area contributed by atoms with Crippen molar-refractivity contribution in [3.8, 4) is 5.75 Å². The minimum Gasteiger partial charge on any atom is -0.497 e. The summed E-state index contributed by atoms with van der Waals surface area (Å²) in [6, 6.07) is 7.71. The molecule has 5 nitrogen and oxygen atoms in total. The predicted octanol–water partition coefficient (Wildman–Crippen LogP) is 3.05. The lowest BCUT2D eigenvalue weighted by Crippen LogP contribution is -2.40. The third-order valence-corrected chi connectivity index (χ3v) is 4.84. The van der Waals surface area contributed by atoms with Crippen LogP contribution in [0.5, 0.6) is 5.75 Å². The molecule has 1 saturated heterocycles. The first-order valence-corrected chi connectivity index (χ1v) is 8.51. The second-order valence-electron chi connectivity index (χ2n) is 6.47. The van der Waals surface area contributed by atoms with E-state index >= 15 is 0 Å². The Balaban J connectivity index is 0.00000225. The summed E-state index contributed by atoms with van der Waals surface area (Å²) in [6.07, 6.45) is 2.12. The standard InChI is InChI=1S/C19H25N3O2.ClH/c1-13-17(10-15-4-5-16(24-3)11-18(15)21-13)19(23)22-8-6-14(7-9-22)12-20-2;/h4-5,10-11,14,20H,6-9,12H2,1-3H3;1H. The molecular formula is C19H26ClN3O2. The Kier molecular flexibility index (Phi) is 6.62. The number of aryl methyl sites for hydroxylation is 1. The lowest BCUT2D eigenvalue weighted by molar-refractivity contribution is 0.0690. The number of benzene rings is 1. The zero-order chi connectivity index (χ0) is 17.1. The number of aromatic nitrogens is 1. The summed E-state index contributed by atoms with van der Waals surface area (Å²) >= 11 is 0. The maximum absolute atomic E-state index is 12.9. The van der Waals surface area contributed by atoms with E-state index in [1.807, 2.05) is 43.1 Å². The number of ether oxygens (including phenoxy) is 1. The topological polar surface area (TPSA) is 54.5 Å². The third-order valence-electron chi connectivity index (χ3n) is 4.84. The first-order chi connectivity index (χ1) is 11.6. The van der Waals surface area contributed by atoms with Gasteiger partial charge in [0.15, 0.2) is 0 Å². The van der Waals surface area contributed by atoms with Gasteiger partial charge in [0, 0.05) is 24.5 Å². The smallest absolute Gasteiger partial charge is 0.255 e. The lowest BCUT2D eigenvalue weighted by atomic mass is 9.96. The van der Waals surface area contributed by atoms with Crippen LogP contribution < -0.4 is 10.1 Å². The number of pyridine rings is 1. The SMILES string of the molecule is CNCC1CCN(C(=O)c2cc3ccc(OC)cc3nc2C)CC1.Cl. The maximum atomic E-state index is 12.9. The van der Waals surface area contributed by atoms with Gasteiger partial charge >= 0.3 is 0 Å². The van der Waals surface area contributed by atoms with E-state index in [2.05, 4.69) is 10.3 Å². The summed E-state index contributed by atoms with van der Waals surface area (Å²) in [6.45, 7) is 4.58. The van der Waals surface area contributed by atoms with Crippen LogP contribution in [0.4, 0.5) is 0 Å². The first kappa shape index (κ1) is 19.5. The van der Waals surface area contributed by atoms with Gasteiger partial charge in [0.2, 0.25) is 0 Å². The van der Waals surface area contributed by atoms with Gasteiger partial charge in [-0.1, -0.05) is 0 Å². The Hall–Kier alpha value is -1.85. The molecule has 0 saturated carbocycles. The average molecular weight is 364 g/mol. The molecule has 3 rings (SSSR count). The number of carbonyl (C=O) groups excluding carboxylic acids is 1. The van der Waals surface area contributed by atoms with Crippen LogP contribution in [-0.2, 0) is 0 Å². The number of likely N-dealkylation sites (tertiary alicyclic amines) is 1. The fourth-order valence-corrected chi connectivity index (χ4v) is 3.39. The largest absolute Gasteiger partial charge is 0.497 e. The van der Waals surface area contributed by atoms with Crippen molar-refractivity contribution in [2.24, 2.45) is 5.92 Å². The molecule has 1 aliphatic heterocycles. The van der Waals surface area contributed by atoms with Gasteiger partial charge < -0.3 is 15.0 Å². The van der Waals surface area contributed by atoms with Crippen LogP contribution in [0.2, 0.25) is 0 Å². The Morgan fingerprint density at radius 2 is 2.04 bits per heavy atom. The van der Waals surface area contributed by atoms with Gasteiger partial charge in [-0.3, -0.25) is 9.78 Å². The maximum Gasteiger partial charge on any atom is 0.255 e. The number of nitrogens with zero attached hydrogens (tertiary/aromatic N) is 2. The molecule has 0 radical (unpaired) electrons. The van der Waals surface area contributed by atoms with Crippen molar-refractivity contribution in [3.63, 3.8) is 0 Å². The van der Waals surface area contributed by atoms with E-state index in [4.69, 9.17) is 4.74 Å². The number of hydrogen-bond donors (Lipinski definition) is 1. The molecule has 1 aromatic carbocycles. The summed E-state index contributed by atoms with van der Waals surface area (Å²) in [4.78, 5) is 19.5. The highest BCUT2D eigenvalue weighted by atomic mass is 35.5. The van der Waals surface area contributed by atoms with Crippen molar-refractivity contribution in [1.82, 2.24) is 15.2 Å². The fraction of sp³-hybridized carbons (Fsp3) is 0.474. The average Bonchev–Trinajstić information content (AvgIpc) is 2.61. The molecule has 0 unspecified atom stereocenters. The van der Waals surface area contributed by atoms with Crippen molar-refractivity contribution in [2.75, 3.05) is 33.8 Å². The summed E-state index contributed by atoms with van der Waals surface area (Å²) in [5.74, 6) is 1.54. The Labute approximate surface area is 155 Å². The van der Waals surface area contributed by atoms with E-state index in [-0.39, 0.29) is 18.3 Å². The Morgan fingerprint density at radius 1 is 1.32 bits per heavy atom. The van der Waals surface area contributed by atoms with Crippen LogP contribution in [0, 0.1) is 12.8 Å². The molecule has 0 spiro atoms. The first-order valence-electron chi connectivity index (χ1n) is 8.51. The summed E-state index contributed by atoms with van der Waals surface area (Å²) < 4.78 is 5.24. The van der Waals surface area contributed by atoms with Crippen LogP contribution in [0.3, 0.4) is 0 Å². The molecule has 1 amide bonds. The van der Waals surface area contributed by atoms with Gasteiger partial charge in [-0.15, -0.1) is 12.4 Å². The number of hydrogen-bond acceptors (Lipinski definition) is 4. The zero-order valence-corrected chi connectivity index (χ0v) is 15.9. The Morgan fingerprint density at radius 3 is 2.68 bits per heavy atom. The molecule has 0 atom stereocenters. The van der Waals surface area contributed by atoms with Crippen molar-refractivity contribution in [2.45, 2.75) is 19.8 Å². The van der Waals surface area contributed by atoms with Gasteiger partial charge in [-0.25, -0.2) is 0 Å². The quantitative estimate of drug-likeness (QED) is 0.907. The second kappa shape index (κ2) is 8.50. The number of methoxy groups -OCH3 is 1. The fourth-order valence-electron chi connectivity index (χ4n) is 3.39. The van der Waals surface area contributed by atoms with Crippen molar-refractivity contribution < 1.29 is 9.53 Å². The molecule has 136 valence electrons. The van der Waals surface area contributed by atoms with Crippen LogP contribution >= 0.6 is 12.4 Å². The molecule has 1 aliphatic rings. The molecule has 6 heteroatoms. The monoisotopic (exact) mass is 363 g/mol. The minimum absolute atomic E-state index is 0. The summed E-state index contributed by atoms with van der Waals surface area (Å²) in [5, 5.41) is 4.20. The molecule has 1 aromatic heterocycles. The van der Waals surface area contributed by atoms with E-state index in [0.717, 1.165) is 54.8 Å². The number of amides is 1. The molecular weight excluding hydrogens is 338 g/mol. The molecule has 2 aromatic rings. The van der Waals surface area contributed by atoms with E-state index < -0.39 is 0 Å². The van der Waals surface area contributed by atoms with E-state index in [1.165, 1.54) is 0 Å². The van der Waals surface area contributed by atoms with Gasteiger partial charge in [0.1, 0.15) is 5.75 Å². The van der Waals surface area contributed by atoms with E-state index in [1.54, 1.807) is 7.11 Å². The number of nitrogens with one attached hydrogen (secondary N) is 1. The molecule has 0 bridgehead atoms. The zero-order valence-electron chi connectivity index (χ0n) is 15.0. The van der Waals surface area contributed by atoms with Gasteiger partial charge in [0.25, 0.3) is 5.91 Å². The van der Waals surface area contributed by atoms with Gasteiger partial charge in [-0.2, -0.15) is 0 Å². The highest BCUT2D eigenvalue weighted by Crippen LogP contribution is 2.24. The highest BCUT2D eigenvalue weighted by molar-refractivity contribution is 5.98. The van der Waals surface area contributed by atoms with Crippen molar-refractivity contribution >= 4 is 29.2 Å². The summed E-state index contributed by atoms with van der Waals surface area (Å²) in [7, 11) is 3.63. The van der Waals surface area contributed by atoms with Crippen LogP contribution in [0.15, 0.2) is 24.3 Å². The van der Waals surface area contributed by atoms with E-state index in [9.17, 15) is 4.79 Å². The van der Waals surface area contributed by atoms with Crippen molar-refractivity contribution in [3.05, 3.63) is 35.5 Å². The van der Waals surface area contributed by atoms with Crippen LogP contribution in [0.25, 0.3) is 10.9 Å². The lowest BCUT2D eigenvalue weighted by Gasteiger charge is -2.32. The van der Waals surface area contributed by atoms with E-state index in [0.29, 0.717) is 11.5 Å². The number of rotatable bonds is 4. The molecule has 0 aliphatic carbocycles. The molecule has 25 heavy (non-hydrogen) atoms. The summed E-state index contributed by atoms with van der Waals surface area (Å²) in [5.41, 5.74) is 2.34. The normalized spacial score (nSPS) is 15.1. The second-order valence-corrected chi connectivity index (χ2v) is 6.47. The number of piperidine rings is 1. The number of carbonyl (C=O) groups is 1. The van der Waals surface area contributed by atoms with Crippen LogP contribution in [0.1, 0.15) is 28.9 Å². The van der Waals surface area contributed by atoms with Crippen LogP contribution in [-0.4, -0.2) is 49.6 Å². The number of fused-ring (bicyclic) bond motifs is 1. The Bertz CT molecular complexity index is 743. The highest BCUT2D eigenvalue weighted by Gasteiger charge is 2.24. The predicted molar refractivity (Wildman–Crippen MR) is 103 cm³/mol. The van der Waals surface area contributed by atoms with Crippen molar-refractivity contribution in [1.29, 1.82) is 0 Å². The minimum atomic E-state index is 0. The number of halogens is 1. The third kappa shape index (κ3) is 4.22. The molecule has 1 N–H and O–H groups in total. The molecule has 2 heterocycles.